The Kier molecular flexibility index (Phi) is 1.77. The van der Waals surface area contributed by atoms with Crippen LogP contribution in [0.4, 0.5) is 0 Å². The van der Waals surface area contributed by atoms with Gasteiger partial charge in [0.1, 0.15) is 12.1 Å². The van der Waals surface area contributed by atoms with Gasteiger partial charge in [0.25, 0.3) is 0 Å². The second-order valence-corrected chi connectivity index (χ2v) is 5.13. The number of likely N-dealkylation sites (N-methyl/N-ethyl adjacent to an activating group) is 1. The van der Waals surface area contributed by atoms with E-state index >= 15 is 0 Å². The molecule has 2 heteroatoms. The summed E-state index contributed by atoms with van der Waals surface area (Å²) in [6.45, 7) is 0. The minimum absolute atomic E-state index is 0.785. The zero-order valence-corrected chi connectivity index (χ0v) is 8.10. The van der Waals surface area contributed by atoms with Gasteiger partial charge in [0.05, 0.1) is 14.1 Å². The zero-order valence-electron chi connectivity index (χ0n) is 7.29. The van der Waals surface area contributed by atoms with E-state index in [1.807, 2.05) is 0 Å². The van der Waals surface area contributed by atoms with Crippen molar-refractivity contribution in [2.45, 2.75) is 18.5 Å². The van der Waals surface area contributed by atoms with Crippen molar-refractivity contribution in [3.63, 3.8) is 0 Å². The number of hydrogen-bond acceptors (Lipinski definition) is 1. The van der Waals surface area contributed by atoms with E-state index in [-0.39, 0.29) is 0 Å². The van der Waals surface area contributed by atoms with Crippen LogP contribution in [0.25, 0.3) is 0 Å². The van der Waals surface area contributed by atoms with Crippen molar-refractivity contribution < 1.29 is 4.48 Å². The molecule has 0 saturated carbocycles. The number of hydrogen-bond donors (Lipinski definition) is 0. The largest absolute Gasteiger partial charge is 0.319 e. The molecule has 11 heavy (non-hydrogen) atoms. The summed E-state index contributed by atoms with van der Waals surface area (Å²) in [6.07, 6.45) is 6.07. The maximum Gasteiger partial charge on any atom is 0.117 e. The molecule has 0 N–H and O–H groups in total. The molecular formula is C9H16NS+. The van der Waals surface area contributed by atoms with Crippen LogP contribution in [0.5, 0.6) is 0 Å². The molecule has 1 nitrogen and oxygen atoms in total. The summed E-state index contributed by atoms with van der Waals surface area (Å²) in [6, 6.07) is 1.66. The molecule has 2 aliphatic rings. The third kappa shape index (κ3) is 1.13. The maximum atomic E-state index is 2.41. The lowest BCUT2D eigenvalue weighted by atomic mass is 10.0. The van der Waals surface area contributed by atoms with E-state index in [4.69, 9.17) is 0 Å². The number of thioether (sulfide) groups is 1. The second kappa shape index (κ2) is 2.53. The number of quaternary nitrogens is 1. The van der Waals surface area contributed by atoms with E-state index in [1.54, 1.807) is 0 Å². The van der Waals surface area contributed by atoms with Gasteiger partial charge in [-0.25, -0.2) is 0 Å². The molecule has 0 aromatic rings. The van der Waals surface area contributed by atoms with Gasteiger partial charge in [-0.1, -0.05) is 6.08 Å². The van der Waals surface area contributed by atoms with Crippen LogP contribution in [0.3, 0.4) is 0 Å². The fourth-order valence-electron chi connectivity index (χ4n) is 1.99. The topological polar surface area (TPSA) is 0 Å². The summed E-state index contributed by atoms with van der Waals surface area (Å²) in [7, 11) is 4.75. The summed E-state index contributed by atoms with van der Waals surface area (Å²) in [5.41, 5.74) is 0. The lowest BCUT2D eigenvalue weighted by Gasteiger charge is -2.48. The number of fused-ring (bicyclic) bond motifs is 2. The Bertz CT molecular complexity index is 186. The normalized spacial score (nSPS) is 40.5. The highest BCUT2D eigenvalue weighted by Crippen LogP contribution is 2.32. The molecule has 0 aliphatic carbocycles. The van der Waals surface area contributed by atoms with Gasteiger partial charge in [0.2, 0.25) is 0 Å². The second-order valence-electron chi connectivity index (χ2n) is 4.05. The van der Waals surface area contributed by atoms with Crippen molar-refractivity contribution >= 4 is 11.8 Å². The molecule has 2 aliphatic heterocycles. The lowest BCUT2D eigenvalue weighted by Crippen LogP contribution is -2.61. The van der Waals surface area contributed by atoms with E-state index in [1.165, 1.54) is 22.4 Å². The van der Waals surface area contributed by atoms with Crippen LogP contribution in [0.15, 0.2) is 12.2 Å². The van der Waals surface area contributed by atoms with Gasteiger partial charge in [-0.2, -0.15) is 0 Å². The summed E-state index contributed by atoms with van der Waals surface area (Å²) < 4.78 is 1.23. The number of rotatable bonds is 0. The monoisotopic (exact) mass is 170 g/mol. The summed E-state index contributed by atoms with van der Waals surface area (Å²) in [4.78, 5) is 0. The third-order valence-corrected chi connectivity index (χ3v) is 4.36. The molecule has 2 rings (SSSR count). The van der Waals surface area contributed by atoms with E-state index in [2.05, 4.69) is 38.0 Å². The fourth-order valence-corrected chi connectivity index (χ4v) is 3.65. The van der Waals surface area contributed by atoms with Crippen molar-refractivity contribution in [3.8, 4) is 0 Å². The number of nitrogens with zero attached hydrogens (tertiary/aromatic N) is 1. The van der Waals surface area contributed by atoms with Gasteiger partial charge in [-0.05, 0) is 6.08 Å². The van der Waals surface area contributed by atoms with Crippen LogP contribution >= 0.6 is 11.8 Å². The van der Waals surface area contributed by atoms with Crippen LogP contribution in [0, 0.1) is 0 Å². The maximum absolute atomic E-state index is 2.41. The predicted molar refractivity (Wildman–Crippen MR) is 50.8 cm³/mol. The Labute approximate surface area is 73.1 Å². The minimum atomic E-state index is 0.785. The summed E-state index contributed by atoms with van der Waals surface area (Å²) >= 11 is 2.12. The molecule has 0 amide bonds. The summed E-state index contributed by atoms with van der Waals surface area (Å²) in [5, 5.41) is 0. The smallest absolute Gasteiger partial charge is 0.117 e. The molecule has 0 aromatic heterocycles. The molecule has 0 unspecified atom stereocenters. The fraction of sp³-hybridized carbons (Fsp3) is 0.778. The minimum Gasteiger partial charge on any atom is -0.319 e. The first-order valence-electron chi connectivity index (χ1n) is 4.29. The van der Waals surface area contributed by atoms with Crippen molar-refractivity contribution in [1.29, 1.82) is 0 Å². The van der Waals surface area contributed by atoms with Gasteiger partial charge >= 0.3 is 0 Å². The first kappa shape index (κ1) is 7.69. The quantitative estimate of drug-likeness (QED) is 0.392. The molecule has 2 bridgehead atoms. The Morgan fingerprint density at radius 3 is 2.82 bits per heavy atom. The van der Waals surface area contributed by atoms with Gasteiger partial charge in [-0.3, -0.25) is 0 Å². The average Bonchev–Trinajstić information content (AvgIpc) is 1.82. The Morgan fingerprint density at radius 2 is 2.18 bits per heavy atom. The molecule has 0 radical (unpaired) electrons. The standard InChI is InChI=1S/C9H16NS/c1-10(2)8-4-3-5-9(10)7-11-6-8/h3-4,8-9H,5-7H2,1-2H3/q+1/t8-,9+/m1/s1. The van der Waals surface area contributed by atoms with Gasteiger partial charge < -0.3 is 4.48 Å². The van der Waals surface area contributed by atoms with Gasteiger partial charge in [0, 0.05) is 17.9 Å². The highest BCUT2D eigenvalue weighted by molar-refractivity contribution is 7.99. The van der Waals surface area contributed by atoms with Crippen molar-refractivity contribution in [1.82, 2.24) is 0 Å². The SMILES string of the molecule is C[N+]1(C)[C@H]2CC=C[C@@H]1CSC2. The van der Waals surface area contributed by atoms with E-state index < -0.39 is 0 Å². The zero-order chi connectivity index (χ0) is 7.90. The molecular weight excluding hydrogens is 154 g/mol. The first-order valence-corrected chi connectivity index (χ1v) is 5.44. The van der Waals surface area contributed by atoms with Crippen LogP contribution in [-0.2, 0) is 0 Å². The molecule has 62 valence electrons. The molecule has 2 atom stereocenters. The predicted octanol–water partition coefficient (Wildman–Crippen LogP) is 1.51. The highest BCUT2D eigenvalue weighted by Gasteiger charge is 2.40. The van der Waals surface area contributed by atoms with Crippen LogP contribution in [0.2, 0.25) is 0 Å². The Balaban J connectivity index is 2.28. The Hall–Kier alpha value is 0.0500. The van der Waals surface area contributed by atoms with Crippen molar-refractivity contribution in [3.05, 3.63) is 12.2 Å². The molecule has 1 fully saturated rings. The third-order valence-electron chi connectivity index (χ3n) is 3.16. The van der Waals surface area contributed by atoms with Crippen LogP contribution in [-0.4, -0.2) is 42.2 Å². The van der Waals surface area contributed by atoms with Crippen molar-refractivity contribution in [2.24, 2.45) is 0 Å². The molecule has 1 saturated heterocycles. The van der Waals surface area contributed by atoms with Gasteiger partial charge in [-0.15, -0.1) is 11.8 Å². The Morgan fingerprint density at radius 1 is 1.36 bits per heavy atom. The lowest BCUT2D eigenvalue weighted by molar-refractivity contribution is -0.929. The molecule has 2 heterocycles. The van der Waals surface area contributed by atoms with Gasteiger partial charge in [0.15, 0.2) is 0 Å². The van der Waals surface area contributed by atoms with Crippen molar-refractivity contribution in [2.75, 3.05) is 25.6 Å². The van der Waals surface area contributed by atoms with E-state index in [0.717, 1.165) is 12.1 Å². The first-order chi connectivity index (χ1) is 5.21. The van der Waals surface area contributed by atoms with Crippen LogP contribution < -0.4 is 0 Å². The van der Waals surface area contributed by atoms with E-state index in [0.29, 0.717) is 0 Å². The van der Waals surface area contributed by atoms with E-state index in [9.17, 15) is 0 Å². The van der Waals surface area contributed by atoms with Crippen LogP contribution in [0.1, 0.15) is 6.42 Å². The molecule has 0 spiro atoms. The summed E-state index contributed by atoms with van der Waals surface area (Å²) in [5.74, 6) is 2.67. The molecule has 0 aromatic carbocycles. The highest BCUT2D eigenvalue weighted by atomic mass is 32.2. The average molecular weight is 170 g/mol.